The summed E-state index contributed by atoms with van der Waals surface area (Å²) in [7, 11) is 0. The van der Waals surface area contributed by atoms with E-state index in [-0.39, 0.29) is 0 Å². The lowest BCUT2D eigenvalue weighted by Gasteiger charge is -1.96. The third-order valence-electron chi connectivity index (χ3n) is 2.20. The van der Waals surface area contributed by atoms with E-state index in [4.69, 9.17) is 0 Å². The van der Waals surface area contributed by atoms with Gasteiger partial charge in [-0.3, -0.25) is 4.90 Å². The zero-order valence-corrected chi connectivity index (χ0v) is 7.10. The standard InChI is InChI=1S/C7H12BrN/c8-3-7-5-9(7)4-6-1-2-6/h6-7H,1-5H2. The van der Waals surface area contributed by atoms with E-state index in [0.29, 0.717) is 0 Å². The van der Waals surface area contributed by atoms with Crippen LogP contribution in [0.2, 0.25) is 0 Å². The molecular weight excluding hydrogens is 178 g/mol. The third kappa shape index (κ3) is 1.47. The molecule has 0 aromatic rings. The molecule has 2 fully saturated rings. The Morgan fingerprint density at radius 3 is 2.67 bits per heavy atom. The minimum Gasteiger partial charge on any atom is -0.296 e. The van der Waals surface area contributed by atoms with E-state index in [2.05, 4.69) is 20.8 Å². The topological polar surface area (TPSA) is 3.01 Å². The number of alkyl halides is 1. The van der Waals surface area contributed by atoms with Crippen LogP contribution >= 0.6 is 15.9 Å². The van der Waals surface area contributed by atoms with Crippen LogP contribution in [0.4, 0.5) is 0 Å². The van der Waals surface area contributed by atoms with Crippen molar-refractivity contribution in [3.05, 3.63) is 0 Å². The Bertz CT molecular complexity index is 111. The van der Waals surface area contributed by atoms with Gasteiger partial charge in [0, 0.05) is 24.5 Å². The molecule has 9 heavy (non-hydrogen) atoms. The first kappa shape index (κ1) is 6.17. The summed E-state index contributed by atoms with van der Waals surface area (Å²) in [5.74, 6) is 1.08. The molecule has 2 atom stereocenters. The molecule has 2 unspecified atom stereocenters. The van der Waals surface area contributed by atoms with E-state index >= 15 is 0 Å². The van der Waals surface area contributed by atoms with Gasteiger partial charge < -0.3 is 0 Å². The molecule has 1 heterocycles. The molecule has 52 valence electrons. The lowest BCUT2D eigenvalue weighted by molar-refractivity contribution is 0.490. The van der Waals surface area contributed by atoms with E-state index in [0.717, 1.165) is 12.0 Å². The lowest BCUT2D eigenvalue weighted by atomic mass is 10.4. The van der Waals surface area contributed by atoms with Crippen molar-refractivity contribution >= 4 is 15.9 Å². The number of hydrogen-bond acceptors (Lipinski definition) is 1. The predicted octanol–water partition coefficient (Wildman–Crippen LogP) is 1.48. The Morgan fingerprint density at radius 2 is 2.22 bits per heavy atom. The minimum atomic E-state index is 0.894. The van der Waals surface area contributed by atoms with E-state index in [1.165, 1.54) is 31.3 Å². The Morgan fingerprint density at radius 1 is 1.44 bits per heavy atom. The molecule has 0 amide bonds. The second-order valence-corrected chi connectivity index (χ2v) is 3.85. The molecule has 2 heteroatoms. The minimum absolute atomic E-state index is 0.894. The zero-order chi connectivity index (χ0) is 6.27. The quantitative estimate of drug-likeness (QED) is 0.481. The van der Waals surface area contributed by atoms with Crippen LogP contribution in [0.15, 0.2) is 0 Å². The molecule has 1 nitrogen and oxygen atoms in total. The highest BCUT2D eigenvalue weighted by atomic mass is 79.9. The van der Waals surface area contributed by atoms with Crippen molar-refractivity contribution in [3.63, 3.8) is 0 Å². The van der Waals surface area contributed by atoms with Gasteiger partial charge in [-0.05, 0) is 18.8 Å². The van der Waals surface area contributed by atoms with Crippen LogP contribution in [0.3, 0.4) is 0 Å². The van der Waals surface area contributed by atoms with Crippen LogP contribution in [0, 0.1) is 5.92 Å². The Kier molecular flexibility index (Phi) is 1.54. The van der Waals surface area contributed by atoms with E-state index in [9.17, 15) is 0 Å². The normalized spacial score (nSPS) is 41.0. The van der Waals surface area contributed by atoms with Gasteiger partial charge in [-0.2, -0.15) is 0 Å². The fourth-order valence-electron chi connectivity index (χ4n) is 1.23. The second kappa shape index (κ2) is 2.24. The van der Waals surface area contributed by atoms with Crippen molar-refractivity contribution in [2.24, 2.45) is 5.92 Å². The number of halogens is 1. The molecular formula is C7H12BrN. The van der Waals surface area contributed by atoms with Gasteiger partial charge in [0.1, 0.15) is 0 Å². The van der Waals surface area contributed by atoms with Crippen LogP contribution in [0.5, 0.6) is 0 Å². The van der Waals surface area contributed by atoms with Gasteiger partial charge in [-0.15, -0.1) is 0 Å². The van der Waals surface area contributed by atoms with Crippen molar-refractivity contribution in [1.82, 2.24) is 4.90 Å². The molecule has 0 aromatic carbocycles. The first-order chi connectivity index (χ1) is 4.40. The second-order valence-electron chi connectivity index (χ2n) is 3.21. The third-order valence-corrected chi connectivity index (χ3v) is 2.94. The molecule has 0 aromatic heterocycles. The molecule has 1 aliphatic heterocycles. The summed E-state index contributed by atoms with van der Waals surface area (Å²) in [6, 6.07) is 0.894. The molecule has 1 aliphatic carbocycles. The fourth-order valence-corrected chi connectivity index (χ4v) is 1.84. The molecule has 0 bridgehead atoms. The molecule has 0 N–H and O–H groups in total. The number of hydrogen-bond donors (Lipinski definition) is 0. The summed E-state index contributed by atoms with van der Waals surface area (Å²) >= 11 is 3.49. The van der Waals surface area contributed by atoms with Gasteiger partial charge in [-0.1, -0.05) is 15.9 Å². The van der Waals surface area contributed by atoms with Gasteiger partial charge in [0.25, 0.3) is 0 Å². The molecule has 1 saturated carbocycles. The van der Waals surface area contributed by atoms with E-state index in [1.807, 2.05) is 0 Å². The highest BCUT2D eigenvalue weighted by molar-refractivity contribution is 9.09. The van der Waals surface area contributed by atoms with Gasteiger partial charge >= 0.3 is 0 Å². The maximum absolute atomic E-state index is 3.49. The Labute approximate surface area is 64.5 Å². The molecule has 0 spiro atoms. The largest absolute Gasteiger partial charge is 0.296 e. The van der Waals surface area contributed by atoms with Gasteiger partial charge in [-0.25, -0.2) is 0 Å². The van der Waals surface area contributed by atoms with Gasteiger partial charge in [0.05, 0.1) is 0 Å². The average molecular weight is 190 g/mol. The highest BCUT2D eigenvalue weighted by Gasteiger charge is 2.36. The van der Waals surface area contributed by atoms with Crippen molar-refractivity contribution in [2.45, 2.75) is 18.9 Å². The molecule has 1 saturated heterocycles. The Hall–Kier alpha value is 0.440. The van der Waals surface area contributed by atoms with Crippen LogP contribution < -0.4 is 0 Å². The van der Waals surface area contributed by atoms with Crippen LogP contribution in [0.25, 0.3) is 0 Å². The number of nitrogens with zero attached hydrogens (tertiary/aromatic N) is 1. The van der Waals surface area contributed by atoms with Crippen molar-refractivity contribution < 1.29 is 0 Å². The predicted molar refractivity (Wildman–Crippen MR) is 41.9 cm³/mol. The van der Waals surface area contributed by atoms with Crippen molar-refractivity contribution in [2.75, 3.05) is 18.4 Å². The summed E-state index contributed by atoms with van der Waals surface area (Å²) in [4.78, 5) is 2.56. The smallest absolute Gasteiger partial charge is 0.0320 e. The lowest BCUT2D eigenvalue weighted by Crippen LogP contribution is -2.05. The summed E-state index contributed by atoms with van der Waals surface area (Å²) in [5.41, 5.74) is 0. The first-order valence-electron chi connectivity index (χ1n) is 3.70. The molecule has 2 aliphatic rings. The molecule has 0 radical (unpaired) electrons. The monoisotopic (exact) mass is 189 g/mol. The Balaban J connectivity index is 1.65. The van der Waals surface area contributed by atoms with Crippen LogP contribution in [0.1, 0.15) is 12.8 Å². The maximum atomic E-state index is 3.49. The zero-order valence-electron chi connectivity index (χ0n) is 5.52. The van der Waals surface area contributed by atoms with E-state index < -0.39 is 0 Å². The van der Waals surface area contributed by atoms with Gasteiger partial charge in [0.15, 0.2) is 0 Å². The summed E-state index contributed by atoms with van der Waals surface area (Å²) < 4.78 is 0. The van der Waals surface area contributed by atoms with Crippen molar-refractivity contribution in [3.8, 4) is 0 Å². The summed E-state index contributed by atoms with van der Waals surface area (Å²) in [5, 5.41) is 1.18. The average Bonchev–Trinajstić information content (AvgIpc) is 2.66. The SMILES string of the molecule is BrCC1CN1CC1CC1. The fraction of sp³-hybridized carbons (Fsp3) is 1.00. The summed E-state index contributed by atoms with van der Waals surface area (Å²) in [6.07, 6.45) is 2.98. The highest BCUT2D eigenvalue weighted by Crippen LogP contribution is 2.33. The molecule has 2 rings (SSSR count). The van der Waals surface area contributed by atoms with Crippen LogP contribution in [-0.4, -0.2) is 29.4 Å². The van der Waals surface area contributed by atoms with Gasteiger partial charge in [0.2, 0.25) is 0 Å². The number of rotatable bonds is 3. The van der Waals surface area contributed by atoms with E-state index in [1.54, 1.807) is 0 Å². The summed E-state index contributed by atoms with van der Waals surface area (Å²) in [6.45, 7) is 2.73. The van der Waals surface area contributed by atoms with Crippen LogP contribution in [-0.2, 0) is 0 Å². The first-order valence-corrected chi connectivity index (χ1v) is 4.82. The van der Waals surface area contributed by atoms with Crippen molar-refractivity contribution in [1.29, 1.82) is 0 Å². The maximum Gasteiger partial charge on any atom is 0.0320 e.